The number of rotatable bonds is 3. The van der Waals surface area contributed by atoms with Gasteiger partial charge in [0, 0.05) is 17.5 Å². The quantitative estimate of drug-likeness (QED) is 0.873. The fraction of sp³-hybridized carbons (Fsp3) is 0.214. The van der Waals surface area contributed by atoms with Crippen molar-refractivity contribution >= 4 is 29.2 Å². The predicted molar refractivity (Wildman–Crippen MR) is 78.2 cm³/mol. The highest BCUT2D eigenvalue weighted by Crippen LogP contribution is 2.41. The highest BCUT2D eigenvalue weighted by Gasteiger charge is 2.28. The number of carbonyl (C=O) groups excluding carboxylic acids is 1. The second-order valence-electron chi connectivity index (χ2n) is 4.68. The molecule has 1 N–H and O–H groups in total. The van der Waals surface area contributed by atoms with Gasteiger partial charge in [-0.3, -0.25) is 4.79 Å². The first-order valence-electron chi connectivity index (χ1n) is 6.33. The summed E-state index contributed by atoms with van der Waals surface area (Å²) in [6.07, 6.45) is 0.116. The zero-order valence-corrected chi connectivity index (χ0v) is 12.3. The Morgan fingerprint density at radius 2 is 2.19 bits per heavy atom. The van der Waals surface area contributed by atoms with Gasteiger partial charge in [-0.25, -0.2) is 0 Å². The van der Waals surface area contributed by atoms with E-state index in [1.807, 2.05) is 24.3 Å². The Kier molecular flexibility index (Phi) is 3.42. The first kappa shape index (κ1) is 13.7. The predicted octanol–water partition coefficient (Wildman–Crippen LogP) is 2.54. The summed E-state index contributed by atoms with van der Waals surface area (Å²) in [5.41, 5.74) is 1.17. The summed E-state index contributed by atoms with van der Waals surface area (Å²) < 4.78 is 6.94. The van der Waals surface area contributed by atoms with Crippen molar-refractivity contribution in [3.8, 4) is 0 Å². The van der Waals surface area contributed by atoms with Crippen LogP contribution >= 0.6 is 11.9 Å². The molecule has 1 aliphatic rings. The standard InChI is InChI=1S/C14H13N3O3S/c1-8(18)7-11-15-14(20-16-11)12-13(19)9-5-3-4-6-10(9)21-17(12)2/h3-6,19H,7H2,1-2H3. The molecular formula is C14H13N3O3S. The summed E-state index contributed by atoms with van der Waals surface area (Å²) in [4.78, 5) is 16.2. The number of hydrogen-bond acceptors (Lipinski definition) is 7. The number of Topliss-reactive ketones (excluding diaryl/α,β-unsaturated/α-hetero) is 1. The second kappa shape index (κ2) is 5.25. The van der Waals surface area contributed by atoms with Gasteiger partial charge in [0.05, 0.1) is 6.42 Å². The molecule has 2 aromatic rings. The van der Waals surface area contributed by atoms with Crippen LogP contribution in [-0.2, 0) is 11.2 Å². The molecular weight excluding hydrogens is 290 g/mol. The molecule has 0 saturated heterocycles. The Morgan fingerprint density at radius 3 is 2.95 bits per heavy atom. The highest BCUT2D eigenvalue weighted by atomic mass is 32.2. The molecule has 1 aromatic carbocycles. The minimum atomic E-state index is -0.0442. The van der Waals surface area contributed by atoms with Crippen molar-refractivity contribution in [2.24, 2.45) is 0 Å². The van der Waals surface area contributed by atoms with Crippen molar-refractivity contribution in [1.82, 2.24) is 14.4 Å². The largest absolute Gasteiger partial charge is 0.505 e. The third-order valence-corrected chi connectivity index (χ3v) is 4.00. The average molecular weight is 303 g/mol. The normalized spacial score (nSPS) is 14.3. The Bertz CT molecular complexity index is 739. The topological polar surface area (TPSA) is 79.5 Å². The molecule has 0 atom stereocenters. The van der Waals surface area contributed by atoms with E-state index in [2.05, 4.69) is 10.1 Å². The SMILES string of the molecule is CC(=O)Cc1noc(C2=C(O)c3ccccc3SN2C)n1. The van der Waals surface area contributed by atoms with E-state index >= 15 is 0 Å². The molecule has 0 fully saturated rings. The van der Waals surface area contributed by atoms with Crippen molar-refractivity contribution in [2.45, 2.75) is 18.2 Å². The van der Waals surface area contributed by atoms with E-state index < -0.39 is 0 Å². The number of ketones is 1. The average Bonchev–Trinajstić information content (AvgIpc) is 2.86. The van der Waals surface area contributed by atoms with Gasteiger partial charge in [0.2, 0.25) is 0 Å². The molecule has 2 heterocycles. The van der Waals surface area contributed by atoms with Crippen LogP contribution in [0.25, 0.3) is 11.5 Å². The van der Waals surface area contributed by atoms with Crippen LogP contribution in [0, 0.1) is 0 Å². The maximum atomic E-state index is 11.1. The number of aliphatic hydroxyl groups excluding tert-OH is 1. The summed E-state index contributed by atoms with van der Waals surface area (Å²) in [5.74, 6) is 0.561. The highest BCUT2D eigenvalue weighted by molar-refractivity contribution is 7.97. The first-order chi connectivity index (χ1) is 10.1. The number of aromatic nitrogens is 2. The Morgan fingerprint density at radius 1 is 1.43 bits per heavy atom. The van der Waals surface area contributed by atoms with E-state index in [9.17, 15) is 9.90 Å². The van der Waals surface area contributed by atoms with Gasteiger partial charge in [0.25, 0.3) is 5.89 Å². The lowest BCUT2D eigenvalue weighted by molar-refractivity contribution is -0.116. The van der Waals surface area contributed by atoms with Crippen LogP contribution in [0.1, 0.15) is 24.2 Å². The van der Waals surface area contributed by atoms with Gasteiger partial charge in [0.1, 0.15) is 5.78 Å². The van der Waals surface area contributed by atoms with E-state index in [1.165, 1.54) is 18.9 Å². The molecule has 0 radical (unpaired) electrons. The fourth-order valence-corrected chi connectivity index (χ4v) is 3.05. The van der Waals surface area contributed by atoms with E-state index in [4.69, 9.17) is 4.52 Å². The number of nitrogens with zero attached hydrogens (tertiary/aromatic N) is 3. The second-order valence-corrected chi connectivity index (χ2v) is 5.85. The number of fused-ring (bicyclic) bond motifs is 1. The number of benzene rings is 1. The Hall–Kier alpha value is -2.28. The third kappa shape index (κ3) is 2.52. The van der Waals surface area contributed by atoms with E-state index in [-0.39, 0.29) is 23.9 Å². The molecule has 1 aromatic heterocycles. The van der Waals surface area contributed by atoms with Gasteiger partial charge in [-0.15, -0.1) is 0 Å². The van der Waals surface area contributed by atoms with Gasteiger partial charge in [-0.1, -0.05) is 17.3 Å². The van der Waals surface area contributed by atoms with Crippen molar-refractivity contribution < 1.29 is 14.4 Å². The molecule has 0 saturated carbocycles. The molecule has 6 nitrogen and oxygen atoms in total. The van der Waals surface area contributed by atoms with Crippen LogP contribution in [-0.4, -0.2) is 32.4 Å². The van der Waals surface area contributed by atoms with Crippen LogP contribution < -0.4 is 0 Å². The lowest BCUT2D eigenvalue weighted by atomic mass is 10.1. The monoisotopic (exact) mass is 303 g/mol. The van der Waals surface area contributed by atoms with Crippen molar-refractivity contribution in [1.29, 1.82) is 0 Å². The molecule has 0 amide bonds. The van der Waals surface area contributed by atoms with Crippen LogP contribution in [0.5, 0.6) is 0 Å². The lowest BCUT2D eigenvalue weighted by Gasteiger charge is -2.26. The molecule has 1 aliphatic heterocycles. The van der Waals surface area contributed by atoms with E-state index in [0.717, 1.165) is 10.5 Å². The van der Waals surface area contributed by atoms with Gasteiger partial charge < -0.3 is 13.9 Å². The smallest absolute Gasteiger partial charge is 0.278 e. The van der Waals surface area contributed by atoms with E-state index in [0.29, 0.717) is 11.5 Å². The Labute approximate surface area is 125 Å². The van der Waals surface area contributed by atoms with E-state index in [1.54, 1.807) is 11.4 Å². The zero-order chi connectivity index (χ0) is 15.0. The van der Waals surface area contributed by atoms with Crippen molar-refractivity contribution in [2.75, 3.05) is 7.05 Å². The molecule has 0 unspecified atom stereocenters. The van der Waals surface area contributed by atoms with Gasteiger partial charge in [0.15, 0.2) is 17.3 Å². The van der Waals surface area contributed by atoms with Gasteiger partial charge >= 0.3 is 0 Å². The van der Waals surface area contributed by atoms with Gasteiger partial charge in [-0.05, 0) is 31.0 Å². The summed E-state index contributed by atoms with van der Waals surface area (Å²) in [5, 5.41) is 14.2. The minimum absolute atomic E-state index is 0.0442. The lowest BCUT2D eigenvalue weighted by Crippen LogP contribution is -2.15. The summed E-state index contributed by atoms with van der Waals surface area (Å²) in [7, 11) is 1.81. The van der Waals surface area contributed by atoms with Crippen LogP contribution in [0.3, 0.4) is 0 Å². The van der Waals surface area contributed by atoms with Crippen LogP contribution in [0.15, 0.2) is 33.7 Å². The zero-order valence-electron chi connectivity index (χ0n) is 11.5. The fourth-order valence-electron chi connectivity index (χ4n) is 2.09. The maximum Gasteiger partial charge on any atom is 0.278 e. The molecule has 3 rings (SSSR count). The number of carbonyl (C=O) groups is 1. The minimum Gasteiger partial charge on any atom is -0.505 e. The van der Waals surface area contributed by atoms with Gasteiger partial charge in [-0.2, -0.15) is 4.98 Å². The molecule has 0 aliphatic carbocycles. The molecule has 0 spiro atoms. The molecule has 0 bridgehead atoms. The maximum absolute atomic E-state index is 11.1. The Balaban J connectivity index is 2.04. The number of aliphatic hydroxyl groups is 1. The molecule has 7 heteroatoms. The van der Waals surface area contributed by atoms with Crippen LogP contribution in [0.2, 0.25) is 0 Å². The first-order valence-corrected chi connectivity index (χ1v) is 7.10. The van der Waals surface area contributed by atoms with Crippen molar-refractivity contribution in [3.05, 3.63) is 41.5 Å². The molecule has 21 heavy (non-hydrogen) atoms. The van der Waals surface area contributed by atoms with Crippen LogP contribution in [0.4, 0.5) is 0 Å². The summed E-state index contributed by atoms with van der Waals surface area (Å²) >= 11 is 1.46. The summed E-state index contributed by atoms with van der Waals surface area (Å²) in [6, 6.07) is 7.53. The third-order valence-electron chi connectivity index (χ3n) is 2.99. The van der Waals surface area contributed by atoms with Crippen molar-refractivity contribution in [3.63, 3.8) is 0 Å². The number of hydrogen-bond donors (Lipinski definition) is 1. The molecule has 108 valence electrons. The summed E-state index contributed by atoms with van der Waals surface area (Å²) in [6.45, 7) is 1.46.